The van der Waals surface area contributed by atoms with Gasteiger partial charge in [0, 0.05) is 12.5 Å². The molecule has 0 aromatic heterocycles. The van der Waals surface area contributed by atoms with E-state index in [2.05, 4.69) is 54.5 Å². The van der Waals surface area contributed by atoms with Crippen LogP contribution in [0.25, 0.3) is 0 Å². The lowest BCUT2D eigenvalue weighted by molar-refractivity contribution is 0.411. The molecule has 2 aromatic carbocycles. The molecule has 0 fully saturated rings. The number of halogens is 3. The number of benzene rings is 2. The van der Waals surface area contributed by atoms with E-state index in [9.17, 15) is 16.8 Å². The smallest absolute Gasteiger partial charge is 0.175 e. The molecule has 0 radical (unpaired) electrons. The van der Waals surface area contributed by atoms with Crippen LogP contribution in [0.2, 0.25) is 0 Å². The standard InChI is InChI=1S/C8H9BrO3S.C7H7BrO3S.CH3I/c1-12-8-4-3-6(5-7(8)9)13(2,10)11;1-12(10,11)5-2-3-7(9)6(8)4-5;1-2/h3-5H,1-2H3;2-4,9H,1H3;1H3. The van der Waals surface area contributed by atoms with Gasteiger partial charge in [0.15, 0.2) is 19.7 Å². The fraction of sp³-hybridized carbons (Fsp3) is 0.250. The maximum atomic E-state index is 11.1. The Morgan fingerprint density at radius 2 is 1.26 bits per heavy atom. The van der Waals surface area contributed by atoms with Crippen LogP contribution in [0.3, 0.4) is 0 Å². The largest absolute Gasteiger partial charge is 0.507 e. The number of alkyl halides is 1. The van der Waals surface area contributed by atoms with Crippen molar-refractivity contribution in [1.82, 2.24) is 0 Å². The minimum Gasteiger partial charge on any atom is -0.507 e. The highest BCUT2D eigenvalue weighted by Crippen LogP contribution is 2.27. The molecule has 11 heteroatoms. The highest BCUT2D eigenvalue weighted by molar-refractivity contribution is 14.1. The van der Waals surface area contributed by atoms with Crippen molar-refractivity contribution in [2.24, 2.45) is 0 Å². The van der Waals surface area contributed by atoms with Gasteiger partial charge in [0.1, 0.15) is 11.5 Å². The van der Waals surface area contributed by atoms with Gasteiger partial charge in [-0.15, -0.1) is 0 Å². The van der Waals surface area contributed by atoms with Gasteiger partial charge >= 0.3 is 0 Å². The monoisotopic (exact) mass is 656 g/mol. The van der Waals surface area contributed by atoms with E-state index in [0.29, 0.717) is 14.7 Å². The molecule has 0 heterocycles. The van der Waals surface area contributed by atoms with Crippen molar-refractivity contribution >= 4 is 74.1 Å². The highest BCUT2D eigenvalue weighted by atomic mass is 127. The van der Waals surface area contributed by atoms with Gasteiger partial charge < -0.3 is 9.84 Å². The molecular formula is C16H19Br2IO6S2. The summed E-state index contributed by atoms with van der Waals surface area (Å²) in [4.78, 5) is 2.44. The van der Waals surface area contributed by atoms with Gasteiger partial charge in [-0.1, -0.05) is 22.6 Å². The maximum absolute atomic E-state index is 11.1. The summed E-state index contributed by atoms with van der Waals surface area (Å²) in [7, 11) is -4.79. The molecule has 0 aliphatic rings. The number of phenols is 1. The Morgan fingerprint density at radius 1 is 0.852 bits per heavy atom. The van der Waals surface area contributed by atoms with Crippen LogP contribution >= 0.6 is 54.5 Å². The van der Waals surface area contributed by atoms with Gasteiger partial charge in [-0.3, -0.25) is 0 Å². The molecule has 1 N–H and O–H groups in total. The summed E-state index contributed by atoms with van der Waals surface area (Å²) in [6.45, 7) is 0. The number of ether oxygens (including phenoxy) is 1. The van der Waals surface area contributed by atoms with Crippen LogP contribution in [0.5, 0.6) is 11.5 Å². The van der Waals surface area contributed by atoms with E-state index in [1.165, 1.54) is 43.7 Å². The number of hydrogen-bond donors (Lipinski definition) is 1. The van der Waals surface area contributed by atoms with Crippen LogP contribution in [0.4, 0.5) is 0 Å². The molecule has 6 nitrogen and oxygen atoms in total. The lowest BCUT2D eigenvalue weighted by Crippen LogP contribution is -1.97. The third-order valence-corrected chi connectivity index (χ3v) is 6.37. The van der Waals surface area contributed by atoms with Crippen molar-refractivity contribution in [3.63, 3.8) is 0 Å². The molecule has 0 aliphatic heterocycles. The minimum absolute atomic E-state index is 0.0300. The first-order chi connectivity index (χ1) is 12.4. The van der Waals surface area contributed by atoms with Gasteiger partial charge in [-0.25, -0.2) is 16.8 Å². The zero-order chi connectivity index (χ0) is 21.4. The highest BCUT2D eigenvalue weighted by Gasteiger charge is 2.09. The van der Waals surface area contributed by atoms with Crippen molar-refractivity contribution < 1.29 is 26.7 Å². The Labute approximate surface area is 190 Å². The number of phenolic OH excluding ortho intramolecular Hbond substituents is 1. The topological polar surface area (TPSA) is 97.7 Å². The average Bonchev–Trinajstić information content (AvgIpc) is 2.58. The fourth-order valence-corrected chi connectivity index (χ4v) is 4.11. The van der Waals surface area contributed by atoms with Crippen LogP contribution < -0.4 is 4.74 Å². The summed E-state index contributed by atoms with van der Waals surface area (Å²) in [5.41, 5.74) is 0. The zero-order valence-electron chi connectivity index (χ0n) is 14.9. The third kappa shape index (κ3) is 9.11. The van der Waals surface area contributed by atoms with Crippen molar-refractivity contribution in [3.8, 4) is 11.5 Å². The van der Waals surface area contributed by atoms with Crippen molar-refractivity contribution in [2.45, 2.75) is 9.79 Å². The number of hydrogen-bond acceptors (Lipinski definition) is 6. The van der Waals surface area contributed by atoms with Crippen molar-refractivity contribution in [3.05, 3.63) is 45.3 Å². The molecule has 0 saturated heterocycles. The second kappa shape index (κ2) is 11.6. The molecule has 0 aliphatic carbocycles. The predicted molar refractivity (Wildman–Crippen MR) is 123 cm³/mol. The van der Waals surface area contributed by atoms with E-state index in [1.807, 2.05) is 4.93 Å². The Morgan fingerprint density at radius 3 is 1.59 bits per heavy atom. The number of sulfone groups is 2. The Bertz CT molecular complexity index is 976. The fourth-order valence-electron chi connectivity index (χ4n) is 1.60. The summed E-state index contributed by atoms with van der Waals surface area (Å²) in [5.74, 6) is 0.648. The summed E-state index contributed by atoms with van der Waals surface area (Å²) in [6, 6.07) is 8.70. The normalized spacial score (nSPS) is 10.8. The quantitative estimate of drug-likeness (QED) is 0.387. The van der Waals surface area contributed by atoms with Crippen molar-refractivity contribution in [1.29, 1.82) is 0 Å². The third-order valence-electron chi connectivity index (χ3n) is 2.90. The second-order valence-corrected chi connectivity index (χ2v) is 10.7. The first kappa shape index (κ1) is 26.6. The molecule has 0 saturated carbocycles. The summed E-state index contributed by atoms with van der Waals surface area (Å²) in [5, 5.41) is 9.07. The molecule has 0 spiro atoms. The van der Waals surface area contributed by atoms with Crippen LogP contribution in [-0.4, -0.2) is 46.5 Å². The molecule has 0 unspecified atom stereocenters. The zero-order valence-corrected chi connectivity index (χ0v) is 21.9. The van der Waals surface area contributed by atoms with Gasteiger partial charge in [-0.2, -0.15) is 0 Å². The minimum atomic E-state index is -3.18. The SMILES string of the molecule is CI.COc1ccc(S(C)(=O)=O)cc1Br.CS(=O)(=O)c1ccc(O)c(Br)c1. The van der Waals surface area contributed by atoms with Gasteiger partial charge in [0.25, 0.3) is 0 Å². The van der Waals surface area contributed by atoms with E-state index in [0.717, 1.165) is 6.26 Å². The van der Waals surface area contributed by atoms with E-state index in [4.69, 9.17) is 9.84 Å². The second-order valence-electron chi connectivity index (χ2n) is 4.95. The molecule has 27 heavy (non-hydrogen) atoms. The predicted octanol–water partition coefficient (Wildman–Crippen LogP) is 4.47. The van der Waals surface area contributed by atoms with Gasteiger partial charge in [-0.05, 0) is 73.2 Å². The lowest BCUT2D eigenvalue weighted by atomic mass is 10.3. The lowest BCUT2D eigenvalue weighted by Gasteiger charge is -2.04. The first-order valence-corrected chi connectivity index (χ1v) is 14.5. The van der Waals surface area contributed by atoms with Gasteiger partial charge in [0.05, 0.1) is 25.8 Å². The summed E-state index contributed by atoms with van der Waals surface area (Å²) >= 11 is 8.38. The average molecular weight is 658 g/mol. The molecule has 152 valence electrons. The van der Waals surface area contributed by atoms with Crippen LogP contribution in [0.1, 0.15) is 0 Å². The Balaban J connectivity index is 0.000000460. The van der Waals surface area contributed by atoms with Gasteiger partial charge in [0.2, 0.25) is 0 Å². The number of methoxy groups -OCH3 is 1. The van der Waals surface area contributed by atoms with E-state index in [-0.39, 0.29) is 15.5 Å². The Hall–Kier alpha value is -0.370. The van der Waals surface area contributed by atoms with Crippen molar-refractivity contribution in [2.75, 3.05) is 24.6 Å². The summed E-state index contributed by atoms with van der Waals surface area (Å²) < 4.78 is 50.2. The molecule has 0 amide bonds. The molecule has 0 atom stereocenters. The molecule has 2 rings (SSSR count). The van der Waals surface area contributed by atoms with Crippen LogP contribution in [0, 0.1) is 0 Å². The number of aromatic hydroxyl groups is 1. The van der Waals surface area contributed by atoms with E-state index >= 15 is 0 Å². The summed E-state index contributed by atoms with van der Waals surface area (Å²) in [6.07, 6.45) is 2.28. The molecular weight excluding hydrogens is 639 g/mol. The first-order valence-electron chi connectivity index (χ1n) is 6.96. The van der Waals surface area contributed by atoms with Crippen LogP contribution in [-0.2, 0) is 19.7 Å². The number of rotatable bonds is 3. The van der Waals surface area contributed by atoms with E-state index in [1.54, 1.807) is 6.07 Å². The maximum Gasteiger partial charge on any atom is 0.175 e. The van der Waals surface area contributed by atoms with E-state index < -0.39 is 19.7 Å². The Kier molecular flexibility index (Phi) is 11.4. The molecule has 2 aromatic rings. The molecule has 0 bridgehead atoms. The van der Waals surface area contributed by atoms with Crippen LogP contribution in [0.15, 0.2) is 55.1 Å².